The van der Waals surface area contributed by atoms with E-state index in [-0.39, 0.29) is 48.1 Å². The van der Waals surface area contributed by atoms with E-state index >= 15 is 0 Å². The van der Waals surface area contributed by atoms with Crippen molar-refractivity contribution in [3.05, 3.63) is 74.6 Å². The SMILES string of the molecule is C=C(C=CC)C1(Nc2nc(Nc3ccc(C(=O)NC(CNc4c(OCC)c(=O)c4=O)C(=O)O)cc3)nc(OCC(C)(F)F)n2)CC1. The van der Waals surface area contributed by atoms with Crippen LogP contribution in [0.15, 0.2) is 58.2 Å². The molecule has 1 amide bonds. The molecule has 16 heteroatoms. The number of ether oxygens (including phenoxy) is 2. The van der Waals surface area contributed by atoms with Gasteiger partial charge >= 0.3 is 12.0 Å². The maximum absolute atomic E-state index is 13.5. The minimum atomic E-state index is -3.13. The summed E-state index contributed by atoms with van der Waals surface area (Å²) >= 11 is 0. The number of carbonyl (C=O) groups is 2. The van der Waals surface area contributed by atoms with Crippen LogP contribution in [0.3, 0.4) is 0 Å². The zero-order chi connectivity index (χ0) is 33.6. The average molecular weight is 642 g/mol. The van der Waals surface area contributed by atoms with Gasteiger partial charge in [-0.2, -0.15) is 15.0 Å². The molecule has 244 valence electrons. The van der Waals surface area contributed by atoms with Gasteiger partial charge in [-0.25, -0.2) is 13.6 Å². The number of alkyl halides is 2. The zero-order valence-electron chi connectivity index (χ0n) is 25.3. The van der Waals surface area contributed by atoms with Crippen molar-refractivity contribution in [2.24, 2.45) is 0 Å². The number of aromatic nitrogens is 3. The zero-order valence-corrected chi connectivity index (χ0v) is 25.3. The fourth-order valence-electron chi connectivity index (χ4n) is 4.24. The second kappa shape index (κ2) is 13.7. The molecule has 0 radical (unpaired) electrons. The first kappa shape index (κ1) is 33.5. The molecule has 1 aliphatic rings. The lowest BCUT2D eigenvalue weighted by molar-refractivity contribution is -0.138. The van der Waals surface area contributed by atoms with Crippen molar-refractivity contribution in [1.29, 1.82) is 0 Å². The Hall–Kier alpha value is -5.41. The Balaban J connectivity index is 1.45. The van der Waals surface area contributed by atoms with Crippen LogP contribution in [0, 0.1) is 0 Å². The lowest BCUT2D eigenvalue weighted by atomic mass is 10.1. The van der Waals surface area contributed by atoms with E-state index < -0.39 is 46.8 Å². The van der Waals surface area contributed by atoms with E-state index in [0.29, 0.717) is 12.6 Å². The number of benzene rings is 1. The normalized spacial score (nSPS) is 14.4. The predicted molar refractivity (Wildman–Crippen MR) is 165 cm³/mol. The maximum atomic E-state index is 13.5. The third-order valence-electron chi connectivity index (χ3n) is 6.80. The lowest BCUT2D eigenvalue weighted by Gasteiger charge is -2.19. The molecule has 0 saturated heterocycles. The average Bonchev–Trinajstić information content (AvgIpc) is 3.79. The van der Waals surface area contributed by atoms with E-state index in [4.69, 9.17) is 9.47 Å². The molecule has 2 aromatic carbocycles. The first-order valence-corrected chi connectivity index (χ1v) is 14.2. The highest BCUT2D eigenvalue weighted by molar-refractivity contribution is 5.97. The summed E-state index contributed by atoms with van der Waals surface area (Å²) < 4.78 is 37.2. The van der Waals surface area contributed by atoms with Gasteiger partial charge in [-0.1, -0.05) is 18.7 Å². The number of nitrogens with zero attached hydrogens (tertiary/aromatic N) is 3. The second-order valence-electron chi connectivity index (χ2n) is 10.6. The van der Waals surface area contributed by atoms with Crippen molar-refractivity contribution in [1.82, 2.24) is 20.3 Å². The van der Waals surface area contributed by atoms with Gasteiger partial charge in [-0.3, -0.25) is 14.4 Å². The molecule has 1 atom stereocenters. The number of nitrogens with one attached hydrogen (secondary N) is 4. The quantitative estimate of drug-likeness (QED) is 0.107. The number of aliphatic carboxylic acids is 1. The molecule has 1 saturated carbocycles. The van der Waals surface area contributed by atoms with Gasteiger partial charge in [0, 0.05) is 24.7 Å². The minimum Gasteiger partial charge on any atom is -0.488 e. The number of carboxylic acids is 1. The molecule has 3 aromatic rings. The highest BCUT2D eigenvalue weighted by Crippen LogP contribution is 2.44. The maximum Gasteiger partial charge on any atom is 0.328 e. The number of halogens is 2. The Kier molecular flexibility index (Phi) is 9.98. The monoisotopic (exact) mass is 641 g/mol. The third-order valence-corrected chi connectivity index (χ3v) is 6.80. The molecular weight excluding hydrogens is 608 g/mol. The molecule has 4 rings (SSSR count). The fraction of sp³-hybridized carbons (Fsp3) is 0.367. The summed E-state index contributed by atoms with van der Waals surface area (Å²) in [4.78, 5) is 60.6. The molecule has 1 fully saturated rings. The summed E-state index contributed by atoms with van der Waals surface area (Å²) in [6, 6.07) is 4.01. The van der Waals surface area contributed by atoms with E-state index in [1.54, 1.807) is 6.92 Å². The lowest BCUT2D eigenvalue weighted by Crippen LogP contribution is -2.47. The Morgan fingerprint density at radius 1 is 1.11 bits per heavy atom. The van der Waals surface area contributed by atoms with Crippen LogP contribution in [0.4, 0.5) is 32.1 Å². The number of carbonyl (C=O) groups excluding carboxylic acids is 1. The van der Waals surface area contributed by atoms with Crippen molar-refractivity contribution in [3.8, 4) is 11.8 Å². The summed E-state index contributed by atoms with van der Waals surface area (Å²) in [6.07, 6.45) is 5.23. The van der Waals surface area contributed by atoms with Gasteiger partial charge in [0.15, 0.2) is 12.4 Å². The van der Waals surface area contributed by atoms with Crippen LogP contribution >= 0.6 is 0 Å². The van der Waals surface area contributed by atoms with Gasteiger partial charge in [0.25, 0.3) is 22.7 Å². The molecule has 1 heterocycles. The molecule has 0 spiro atoms. The first-order chi connectivity index (χ1) is 21.7. The van der Waals surface area contributed by atoms with E-state index in [0.717, 1.165) is 18.4 Å². The number of amides is 1. The summed E-state index contributed by atoms with van der Waals surface area (Å²) in [5.41, 5.74) is -0.967. The third kappa shape index (κ3) is 8.19. The molecule has 0 aliphatic heterocycles. The molecule has 0 bridgehead atoms. The van der Waals surface area contributed by atoms with Crippen molar-refractivity contribution in [3.63, 3.8) is 0 Å². The number of rotatable bonds is 17. The summed E-state index contributed by atoms with van der Waals surface area (Å²) in [5, 5.41) is 20.6. The van der Waals surface area contributed by atoms with Crippen molar-refractivity contribution in [2.75, 3.05) is 35.7 Å². The van der Waals surface area contributed by atoms with Gasteiger partial charge < -0.3 is 35.8 Å². The molecule has 46 heavy (non-hydrogen) atoms. The molecule has 5 N–H and O–H groups in total. The Bertz CT molecular complexity index is 1710. The van der Waals surface area contributed by atoms with Gasteiger partial charge in [0.05, 0.1) is 12.1 Å². The van der Waals surface area contributed by atoms with Crippen LogP contribution in [0.5, 0.6) is 11.8 Å². The van der Waals surface area contributed by atoms with Crippen molar-refractivity contribution < 1.29 is 33.0 Å². The Labute approximate surface area is 261 Å². The van der Waals surface area contributed by atoms with E-state index in [1.807, 2.05) is 19.1 Å². The van der Waals surface area contributed by atoms with Crippen LogP contribution in [-0.4, -0.2) is 69.2 Å². The number of anilines is 4. The summed E-state index contributed by atoms with van der Waals surface area (Å²) in [6.45, 7) is 7.05. The highest BCUT2D eigenvalue weighted by atomic mass is 19.3. The summed E-state index contributed by atoms with van der Waals surface area (Å²) in [7, 11) is 0. The topological polar surface area (TPSA) is 194 Å². The predicted octanol–water partition coefficient (Wildman–Crippen LogP) is 3.02. The van der Waals surface area contributed by atoms with E-state index in [9.17, 15) is 33.1 Å². The van der Waals surface area contributed by atoms with Crippen LogP contribution in [-0.2, 0) is 4.79 Å². The van der Waals surface area contributed by atoms with Crippen molar-refractivity contribution in [2.45, 2.75) is 51.1 Å². The van der Waals surface area contributed by atoms with E-state index in [2.05, 4.69) is 42.8 Å². The fourth-order valence-corrected chi connectivity index (χ4v) is 4.24. The number of allylic oxidation sites excluding steroid dienone is 1. The van der Waals surface area contributed by atoms with Gasteiger partial charge in [0.1, 0.15) is 11.7 Å². The Morgan fingerprint density at radius 3 is 2.37 bits per heavy atom. The smallest absolute Gasteiger partial charge is 0.328 e. The first-order valence-electron chi connectivity index (χ1n) is 14.2. The van der Waals surface area contributed by atoms with Crippen LogP contribution in [0.2, 0.25) is 0 Å². The van der Waals surface area contributed by atoms with Crippen LogP contribution in [0.25, 0.3) is 0 Å². The molecule has 1 unspecified atom stereocenters. The van der Waals surface area contributed by atoms with Gasteiger partial charge in [-0.05, 0) is 56.5 Å². The second-order valence-corrected chi connectivity index (χ2v) is 10.6. The standard InChI is InChI=1S/C30H33F2N7O7/c1-5-7-16(3)30(12-13-30)39-27-36-26(37-28(38-27)46-15-29(4,31)32)34-18-10-8-17(9-11-18)24(42)35-19(25(43)44)14-33-20-21(40)22(41)23(20)45-6-2/h5,7-11,19,33H,3,6,12-15H2,1-2,4H3,(H,35,42)(H,43,44)(H2,34,36,37,38,39). The Morgan fingerprint density at radius 2 is 1.78 bits per heavy atom. The number of carboxylic acid groups (broad SMARTS) is 1. The highest BCUT2D eigenvalue weighted by Gasteiger charge is 2.45. The van der Waals surface area contributed by atoms with Crippen molar-refractivity contribution >= 4 is 35.1 Å². The van der Waals surface area contributed by atoms with Gasteiger partial charge in [-0.15, -0.1) is 0 Å². The molecular formula is C30H33F2N7O7. The number of hydrogen-bond acceptors (Lipinski definition) is 12. The number of hydrogen-bond donors (Lipinski definition) is 5. The van der Waals surface area contributed by atoms with E-state index in [1.165, 1.54) is 24.3 Å². The minimum absolute atomic E-state index is 0.0293. The van der Waals surface area contributed by atoms with Crippen LogP contribution in [0.1, 0.15) is 44.0 Å². The largest absolute Gasteiger partial charge is 0.488 e. The molecule has 1 aromatic heterocycles. The van der Waals surface area contributed by atoms with Crippen LogP contribution < -0.4 is 41.6 Å². The molecule has 14 nitrogen and oxygen atoms in total. The molecule has 1 aliphatic carbocycles. The van der Waals surface area contributed by atoms with Gasteiger partial charge in [0.2, 0.25) is 11.9 Å². The summed E-state index contributed by atoms with van der Waals surface area (Å²) in [5.74, 6) is -5.36.